The summed E-state index contributed by atoms with van der Waals surface area (Å²) < 4.78 is 9.66. The number of esters is 2. The van der Waals surface area contributed by atoms with Gasteiger partial charge in [-0.05, 0) is 18.1 Å². The van der Waals surface area contributed by atoms with E-state index in [1.54, 1.807) is 6.08 Å². The van der Waals surface area contributed by atoms with Gasteiger partial charge in [0.05, 0.1) is 23.2 Å². The predicted molar refractivity (Wildman–Crippen MR) is 78.3 cm³/mol. The lowest BCUT2D eigenvalue weighted by molar-refractivity contribution is -0.384. The molecule has 7 heteroatoms. The lowest BCUT2D eigenvalue weighted by Gasteiger charge is -2.08. The minimum atomic E-state index is -0.673. The molecule has 1 rings (SSSR count). The molecule has 0 aromatic heterocycles. The molecule has 0 aliphatic heterocycles. The van der Waals surface area contributed by atoms with Gasteiger partial charge in [-0.2, -0.15) is 0 Å². The maximum absolute atomic E-state index is 11.9. The molecule has 1 aromatic rings. The van der Waals surface area contributed by atoms with Gasteiger partial charge in [-0.15, -0.1) is 0 Å². The number of ether oxygens (including phenoxy) is 2. The van der Waals surface area contributed by atoms with Crippen molar-refractivity contribution in [3.63, 3.8) is 0 Å². The van der Waals surface area contributed by atoms with E-state index in [-0.39, 0.29) is 29.3 Å². The molecule has 0 radical (unpaired) electrons. The van der Waals surface area contributed by atoms with Gasteiger partial charge in [0.25, 0.3) is 5.69 Å². The van der Waals surface area contributed by atoms with E-state index in [1.807, 2.05) is 13.8 Å². The lowest BCUT2D eigenvalue weighted by atomic mass is 10.1. The third kappa shape index (κ3) is 5.01. The SMILES string of the molecule is COC(=O)/C(=C/C(C)C)COC(=O)c1ccc([N+](=O)[O-])cc1. The number of allylic oxidation sites excluding steroid dienone is 1. The summed E-state index contributed by atoms with van der Waals surface area (Å²) in [6.45, 7) is 3.53. The van der Waals surface area contributed by atoms with E-state index in [0.29, 0.717) is 0 Å². The number of hydrogen-bond acceptors (Lipinski definition) is 6. The van der Waals surface area contributed by atoms with Crippen LogP contribution in [0, 0.1) is 16.0 Å². The Hall–Kier alpha value is -2.70. The molecule has 0 saturated heterocycles. The molecule has 118 valence electrons. The van der Waals surface area contributed by atoms with Gasteiger partial charge in [0.1, 0.15) is 6.61 Å². The van der Waals surface area contributed by atoms with Gasteiger partial charge in [0.2, 0.25) is 0 Å². The van der Waals surface area contributed by atoms with Crippen molar-refractivity contribution >= 4 is 17.6 Å². The zero-order valence-corrected chi connectivity index (χ0v) is 12.6. The normalized spacial score (nSPS) is 11.2. The summed E-state index contributed by atoms with van der Waals surface area (Å²) in [5.74, 6) is -1.15. The average molecular weight is 307 g/mol. The molecule has 0 atom stereocenters. The summed E-state index contributed by atoms with van der Waals surface area (Å²) in [6.07, 6.45) is 1.65. The van der Waals surface area contributed by atoms with E-state index in [9.17, 15) is 19.7 Å². The van der Waals surface area contributed by atoms with Gasteiger partial charge in [-0.3, -0.25) is 10.1 Å². The molecular weight excluding hydrogens is 290 g/mol. The molecule has 0 fully saturated rings. The summed E-state index contributed by atoms with van der Waals surface area (Å²) in [6, 6.07) is 5.01. The maximum Gasteiger partial charge on any atom is 0.338 e. The van der Waals surface area contributed by atoms with Gasteiger partial charge in [-0.25, -0.2) is 9.59 Å². The fourth-order valence-electron chi connectivity index (χ4n) is 1.65. The van der Waals surface area contributed by atoms with Crippen LogP contribution in [0.3, 0.4) is 0 Å². The van der Waals surface area contributed by atoms with Gasteiger partial charge in [-0.1, -0.05) is 19.9 Å². The van der Waals surface area contributed by atoms with E-state index in [2.05, 4.69) is 4.74 Å². The second kappa shape index (κ2) is 7.92. The summed E-state index contributed by atoms with van der Waals surface area (Å²) >= 11 is 0. The van der Waals surface area contributed by atoms with Crippen molar-refractivity contribution in [1.82, 2.24) is 0 Å². The number of methoxy groups -OCH3 is 1. The molecule has 0 saturated carbocycles. The quantitative estimate of drug-likeness (QED) is 0.347. The molecular formula is C15H17NO6. The van der Waals surface area contributed by atoms with Crippen LogP contribution in [0.15, 0.2) is 35.9 Å². The van der Waals surface area contributed by atoms with E-state index in [4.69, 9.17) is 4.74 Å². The zero-order chi connectivity index (χ0) is 16.7. The van der Waals surface area contributed by atoms with Crippen molar-refractivity contribution in [3.8, 4) is 0 Å². The molecule has 0 spiro atoms. The van der Waals surface area contributed by atoms with Gasteiger partial charge in [0, 0.05) is 12.1 Å². The zero-order valence-electron chi connectivity index (χ0n) is 12.6. The second-order valence-corrected chi connectivity index (χ2v) is 4.81. The monoisotopic (exact) mass is 307 g/mol. The maximum atomic E-state index is 11.9. The minimum absolute atomic E-state index is 0.0900. The number of benzene rings is 1. The second-order valence-electron chi connectivity index (χ2n) is 4.81. The van der Waals surface area contributed by atoms with E-state index < -0.39 is 16.9 Å². The standard InChI is InChI=1S/C15H17NO6/c1-10(2)8-12(14(17)21-3)9-22-15(18)11-4-6-13(7-5-11)16(19)20/h4-8,10H,9H2,1-3H3/b12-8+. The predicted octanol–water partition coefficient (Wildman–Crippen LogP) is 2.51. The first-order chi connectivity index (χ1) is 10.3. The minimum Gasteiger partial charge on any atom is -0.466 e. The van der Waals surface area contributed by atoms with E-state index in [1.165, 1.54) is 31.4 Å². The Morgan fingerprint density at radius 2 is 1.86 bits per heavy atom. The number of rotatable bonds is 6. The first-order valence-electron chi connectivity index (χ1n) is 6.55. The fraction of sp³-hybridized carbons (Fsp3) is 0.333. The molecule has 0 aliphatic carbocycles. The highest BCUT2D eigenvalue weighted by Gasteiger charge is 2.15. The number of carbonyl (C=O) groups is 2. The molecule has 0 heterocycles. The Balaban J connectivity index is 2.75. The molecule has 0 unspecified atom stereocenters. The number of hydrogen-bond donors (Lipinski definition) is 0. The van der Waals surface area contributed by atoms with Gasteiger partial charge < -0.3 is 9.47 Å². The van der Waals surface area contributed by atoms with Crippen molar-refractivity contribution in [1.29, 1.82) is 0 Å². The molecule has 22 heavy (non-hydrogen) atoms. The molecule has 7 nitrogen and oxygen atoms in total. The number of carbonyl (C=O) groups excluding carboxylic acids is 2. The average Bonchev–Trinajstić information content (AvgIpc) is 2.50. The third-order valence-electron chi connectivity index (χ3n) is 2.65. The molecule has 0 N–H and O–H groups in total. The van der Waals surface area contributed by atoms with Gasteiger partial charge >= 0.3 is 11.9 Å². The van der Waals surface area contributed by atoms with Crippen LogP contribution >= 0.6 is 0 Å². The Kier molecular flexibility index (Phi) is 6.25. The Morgan fingerprint density at radius 3 is 2.32 bits per heavy atom. The van der Waals surface area contributed by atoms with Gasteiger partial charge in [0.15, 0.2) is 0 Å². The van der Waals surface area contributed by atoms with Crippen molar-refractivity contribution in [2.24, 2.45) is 5.92 Å². The number of nitro groups is 1. The summed E-state index contributed by atoms with van der Waals surface area (Å²) in [4.78, 5) is 33.4. The number of nitro benzene ring substituents is 1. The summed E-state index contributed by atoms with van der Waals surface area (Å²) in [5.41, 5.74) is 0.290. The molecule has 0 bridgehead atoms. The number of non-ortho nitro benzene ring substituents is 1. The van der Waals surface area contributed by atoms with E-state index in [0.717, 1.165) is 0 Å². The Labute approximate surface area is 127 Å². The number of nitrogens with zero attached hydrogens (tertiary/aromatic N) is 1. The molecule has 0 amide bonds. The van der Waals surface area contributed by atoms with Crippen molar-refractivity contribution < 1.29 is 24.0 Å². The highest BCUT2D eigenvalue weighted by Crippen LogP contribution is 2.13. The van der Waals surface area contributed by atoms with Crippen molar-refractivity contribution in [3.05, 3.63) is 51.6 Å². The highest BCUT2D eigenvalue weighted by atomic mass is 16.6. The largest absolute Gasteiger partial charge is 0.466 e. The van der Waals surface area contributed by atoms with E-state index >= 15 is 0 Å². The van der Waals surface area contributed by atoms with Crippen molar-refractivity contribution in [2.45, 2.75) is 13.8 Å². The lowest BCUT2D eigenvalue weighted by Crippen LogP contribution is -2.15. The van der Waals surface area contributed by atoms with Crippen LogP contribution in [0.25, 0.3) is 0 Å². The van der Waals surface area contributed by atoms with Crippen LogP contribution in [-0.2, 0) is 14.3 Å². The summed E-state index contributed by atoms with van der Waals surface area (Å²) in [5, 5.41) is 10.5. The van der Waals surface area contributed by atoms with Crippen molar-refractivity contribution in [2.75, 3.05) is 13.7 Å². The Morgan fingerprint density at radius 1 is 1.27 bits per heavy atom. The Bertz CT molecular complexity index is 589. The molecule has 0 aliphatic rings. The fourth-order valence-corrected chi connectivity index (χ4v) is 1.65. The van der Waals surface area contributed by atoms with Crippen LogP contribution in [0.5, 0.6) is 0 Å². The highest BCUT2D eigenvalue weighted by molar-refractivity contribution is 5.92. The van der Waals surface area contributed by atoms with Crippen LogP contribution in [0.1, 0.15) is 24.2 Å². The molecule has 1 aromatic carbocycles. The first-order valence-corrected chi connectivity index (χ1v) is 6.55. The van der Waals surface area contributed by atoms with Crippen LogP contribution < -0.4 is 0 Å². The smallest absolute Gasteiger partial charge is 0.338 e. The van der Waals surface area contributed by atoms with Crippen LogP contribution in [-0.4, -0.2) is 30.6 Å². The summed E-state index contributed by atoms with van der Waals surface area (Å²) in [7, 11) is 1.24. The topological polar surface area (TPSA) is 95.7 Å². The van der Waals surface area contributed by atoms with Crippen LogP contribution in [0.2, 0.25) is 0 Å². The first kappa shape index (κ1) is 17.4. The van der Waals surface area contributed by atoms with Crippen LogP contribution in [0.4, 0.5) is 5.69 Å². The third-order valence-corrected chi connectivity index (χ3v) is 2.65.